The van der Waals surface area contributed by atoms with E-state index in [-0.39, 0.29) is 11.8 Å². The molecule has 0 unspecified atom stereocenters. The van der Waals surface area contributed by atoms with E-state index in [1.165, 1.54) is 34.4 Å². The van der Waals surface area contributed by atoms with E-state index >= 15 is 0 Å². The molecule has 31 heavy (non-hydrogen) atoms. The van der Waals surface area contributed by atoms with Crippen molar-refractivity contribution in [2.45, 2.75) is 53.4 Å². The summed E-state index contributed by atoms with van der Waals surface area (Å²) in [7, 11) is 0. The fourth-order valence-electron chi connectivity index (χ4n) is 3.23. The van der Waals surface area contributed by atoms with Crippen molar-refractivity contribution in [1.29, 1.82) is 10.5 Å². The second kappa shape index (κ2) is 11.9. The van der Waals surface area contributed by atoms with Crippen molar-refractivity contribution in [2.24, 2.45) is 0 Å². The molecule has 0 aliphatic heterocycles. The summed E-state index contributed by atoms with van der Waals surface area (Å²) in [5.41, 5.74) is 3.12. The molecule has 0 aromatic carbocycles. The van der Waals surface area contributed by atoms with Gasteiger partial charge in [0.15, 0.2) is 0 Å². The van der Waals surface area contributed by atoms with E-state index in [9.17, 15) is 20.1 Å². The van der Waals surface area contributed by atoms with Crippen LogP contribution in [0, 0.1) is 36.5 Å². The number of carbonyl (C=O) groups excluding carboxylic acids is 2. The number of carbonyl (C=O) groups is 2. The lowest BCUT2D eigenvalue weighted by Crippen LogP contribution is -2.14. The Morgan fingerprint density at radius 3 is 1.55 bits per heavy atom. The van der Waals surface area contributed by atoms with Gasteiger partial charge in [-0.2, -0.15) is 22.3 Å². The van der Waals surface area contributed by atoms with Crippen LogP contribution in [-0.2, 0) is 22.4 Å². The summed E-state index contributed by atoms with van der Waals surface area (Å²) in [6.45, 7) is 7.91. The van der Waals surface area contributed by atoms with E-state index in [2.05, 4.69) is 22.8 Å². The Bertz CT molecular complexity index is 959. The van der Waals surface area contributed by atoms with Crippen molar-refractivity contribution < 1.29 is 9.59 Å². The van der Waals surface area contributed by atoms with Gasteiger partial charge < -0.3 is 10.6 Å². The first-order valence-corrected chi connectivity index (χ1v) is 12.9. The SMILES string of the molecule is CCc1c(C)sc(NC(=O)CCSCCC(=O)Nc2sc(C)c(CC)c2C#N)c1C#N. The van der Waals surface area contributed by atoms with Crippen LogP contribution in [0.3, 0.4) is 0 Å². The smallest absolute Gasteiger partial charge is 0.225 e. The van der Waals surface area contributed by atoms with Crippen LogP contribution in [0.1, 0.15) is 58.7 Å². The van der Waals surface area contributed by atoms with Crippen molar-refractivity contribution >= 4 is 56.3 Å². The highest BCUT2D eigenvalue weighted by molar-refractivity contribution is 7.99. The Kier molecular flexibility index (Phi) is 9.57. The van der Waals surface area contributed by atoms with Crippen LogP contribution >= 0.6 is 34.4 Å². The minimum atomic E-state index is -0.128. The van der Waals surface area contributed by atoms with Crippen molar-refractivity contribution in [2.75, 3.05) is 22.1 Å². The van der Waals surface area contributed by atoms with E-state index in [0.29, 0.717) is 45.5 Å². The number of thiophene rings is 2. The molecule has 0 aliphatic rings. The third kappa shape index (κ3) is 6.33. The minimum absolute atomic E-state index is 0.128. The van der Waals surface area contributed by atoms with Gasteiger partial charge in [-0.1, -0.05) is 13.8 Å². The topological polar surface area (TPSA) is 106 Å². The molecular formula is C22H26N4O2S3. The summed E-state index contributed by atoms with van der Waals surface area (Å²) in [6.07, 6.45) is 2.16. The number of nitriles is 2. The van der Waals surface area contributed by atoms with Gasteiger partial charge in [-0.3, -0.25) is 9.59 Å². The third-order valence-electron chi connectivity index (χ3n) is 4.80. The molecule has 0 bridgehead atoms. The Morgan fingerprint density at radius 2 is 1.23 bits per heavy atom. The number of anilines is 2. The molecule has 0 atom stereocenters. The molecular weight excluding hydrogens is 448 g/mol. The zero-order chi connectivity index (χ0) is 23.0. The highest BCUT2D eigenvalue weighted by Crippen LogP contribution is 2.33. The zero-order valence-corrected chi connectivity index (χ0v) is 20.6. The lowest BCUT2D eigenvalue weighted by molar-refractivity contribution is -0.116. The lowest BCUT2D eigenvalue weighted by atomic mass is 10.1. The lowest BCUT2D eigenvalue weighted by Gasteiger charge is -2.05. The predicted octanol–water partition coefficient (Wildman–Crippen LogP) is 5.39. The number of nitrogens with zero attached hydrogens (tertiary/aromatic N) is 2. The van der Waals surface area contributed by atoms with E-state index < -0.39 is 0 Å². The average Bonchev–Trinajstić information content (AvgIpc) is 3.21. The molecule has 0 fully saturated rings. The molecule has 0 radical (unpaired) electrons. The molecule has 6 nitrogen and oxygen atoms in total. The number of thioether (sulfide) groups is 1. The number of hydrogen-bond donors (Lipinski definition) is 2. The van der Waals surface area contributed by atoms with Gasteiger partial charge in [-0.05, 0) is 37.8 Å². The summed E-state index contributed by atoms with van der Waals surface area (Å²) in [6, 6.07) is 4.39. The second-order valence-corrected chi connectivity index (χ2v) is 10.5. The van der Waals surface area contributed by atoms with Crippen LogP contribution in [-0.4, -0.2) is 23.3 Å². The largest absolute Gasteiger partial charge is 0.317 e. The first kappa shape index (κ1) is 24.9. The molecule has 2 rings (SSSR count). The Balaban J connectivity index is 1.75. The summed E-state index contributed by atoms with van der Waals surface area (Å²) in [4.78, 5) is 26.6. The maximum atomic E-state index is 12.2. The highest BCUT2D eigenvalue weighted by Gasteiger charge is 2.17. The standard InChI is InChI=1S/C22H26N4O2S3/c1-5-15-13(3)30-21(17(15)11-23)25-19(27)7-9-29-10-8-20(28)26-22-18(12-24)16(6-2)14(4)31-22/h5-10H2,1-4H3,(H,25,27)(H,26,28). The van der Waals surface area contributed by atoms with E-state index in [4.69, 9.17) is 0 Å². The molecule has 0 saturated carbocycles. The molecule has 0 spiro atoms. The fraction of sp³-hybridized carbons (Fsp3) is 0.455. The predicted molar refractivity (Wildman–Crippen MR) is 130 cm³/mol. The van der Waals surface area contributed by atoms with Crippen LogP contribution in [0.5, 0.6) is 0 Å². The van der Waals surface area contributed by atoms with Crippen molar-refractivity contribution in [3.8, 4) is 12.1 Å². The maximum absolute atomic E-state index is 12.2. The van der Waals surface area contributed by atoms with Crippen LogP contribution in [0.15, 0.2) is 0 Å². The zero-order valence-electron chi connectivity index (χ0n) is 18.2. The molecule has 2 N–H and O–H groups in total. The first-order chi connectivity index (χ1) is 14.9. The molecule has 0 saturated heterocycles. The van der Waals surface area contributed by atoms with Crippen LogP contribution in [0.4, 0.5) is 10.0 Å². The van der Waals surface area contributed by atoms with Crippen molar-refractivity contribution in [1.82, 2.24) is 0 Å². The third-order valence-corrected chi connectivity index (χ3v) is 7.91. The fourth-order valence-corrected chi connectivity index (χ4v) is 6.32. The number of aryl methyl sites for hydroxylation is 2. The van der Waals surface area contributed by atoms with Crippen molar-refractivity contribution in [3.05, 3.63) is 32.0 Å². The van der Waals surface area contributed by atoms with E-state index in [1.807, 2.05) is 27.7 Å². The monoisotopic (exact) mass is 474 g/mol. The normalized spacial score (nSPS) is 10.4. The Morgan fingerprint density at radius 1 is 0.839 bits per heavy atom. The summed E-state index contributed by atoms with van der Waals surface area (Å²) < 4.78 is 0. The summed E-state index contributed by atoms with van der Waals surface area (Å²) in [5, 5.41) is 25.7. The molecule has 9 heteroatoms. The van der Waals surface area contributed by atoms with Crippen molar-refractivity contribution in [3.63, 3.8) is 0 Å². The number of nitrogens with one attached hydrogen (secondary N) is 2. The quantitative estimate of drug-likeness (QED) is 0.449. The molecule has 2 heterocycles. The van der Waals surface area contributed by atoms with Gasteiger partial charge >= 0.3 is 0 Å². The van der Waals surface area contributed by atoms with Crippen LogP contribution in [0.2, 0.25) is 0 Å². The molecule has 2 aromatic rings. The highest BCUT2D eigenvalue weighted by atomic mass is 32.2. The van der Waals surface area contributed by atoms with Gasteiger partial charge in [-0.15, -0.1) is 22.7 Å². The van der Waals surface area contributed by atoms with Gasteiger partial charge in [0, 0.05) is 34.1 Å². The second-order valence-electron chi connectivity index (χ2n) is 6.82. The van der Waals surface area contributed by atoms with Crippen LogP contribution < -0.4 is 10.6 Å². The summed E-state index contributed by atoms with van der Waals surface area (Å²) in [5.74, 6) is 0.926. The average molecular weight is 475 g/mol. The van der Waals surface area contributed by atoms with E-state index in [1.54, 1.807) is 0 Å². The van der Waals surface area contributed by atoms with Gasteiger partial charge in [0.1, 0.15) is 22.1 Å². The minimum Gasteiger partial charge on any atom is -0.317 e. The van der Waals surface area contributed by atoms with Gasteiger partial charge in [0.05, 0.1) is 11.1 Å². The van der Waals surface area contributed by atoms with Gasteiger partial charge in [-0.25, -0.2) is 0 Å². The number of amides is 2. The van der Waals surface area contributed by atoms with Gasteiger partial charge in [0.25, 0.3) is 0 Å². The Labute approximate surface area is 195 Å². The molecule has 2 aromatic heterocycles. The number of hydrogen-bond acceptors (Lipinski definition) is 7. The molecule has 164 valence electrons. The van der Waals surface area contributed by atoms with E-state index in [0.717, 1.165) is 33.7 Å². The summed E-state index contributed by atoms with van der Waals surface area (Å²) >= 11 is 4.41. The Hall–Kier alpha value is -2.33. The molecule has 2 amide bonds. The number of rotatable bonds is 10. The maximum Gasteiger partial charge on any atom is 0.225 e. The first-order valence-electron chi connectivity index (χ1n) is 10.1. The van der Waals surface area contributed by atoms with Gasteiger partial charge in [0.2, 0.25) is 11.8 Å². The van der Waals surface area contributed by atoms with Crippen LogP contribution in [0.25, 0.3) is 0 Å². The molecule has 0 aliphatic carbocycles.